The number of aromatic nitrogens is 10. The van der Waals surface area contributed by atoms with Crippen LogP contribution in [0.3, 0.4) is 0 Å². The van der Waals surface area contributed by atoms with Gasteiger partial charge in [-0.25, -0.2) is 19.3 Å². The van der Waals surface area contributed by atoms with E-state index in [1.807, 2.05) is 68.1 Å². The molecule has 12 bridgehead atoms. The summed E-state index contributed by atoms with van der Waals surface area (Å²) in [7, 11) is 3.11. The minimum Gasteiger partial charge on any atom is -0.480 e. The van der Waals surface area contributed by atoms with Crippen LogP contribution in [-0.2, 0) is 58.4 Å². The largest absolute Gasteiger partial charge is 0.480 e. The average molecular weight is 1510 g/mol. The summed E-state index contributed by atoms with van der Waals surface area (Å²) in [6.45, 7) is 9.85. The van der Waals surface area contributed by atoms with Crippen molar-refractivity contribution in [3.05, 3.63) is 107 Å². The Morgan fingerprint density at radius 1 is 0.381 bits per heavy atom. The van der Waals surface area contributed by atoms with E-state index >= 15 is 0 Å². The molecule has 2 fully saturated rings. The molecule has 464 valence electrons. The molecule has 0 spiro atoms. The standard InChI is InChI=1S/C54H68N18O8S2.2Lu/c73-51(74)35-67-15-7-63-8-16-68(36-52(75)76)20-12-65(11-19-67)31-41-23-45(25-43(57-41)33-71-49(27-55-61-71)47-5-1-3-39(29-63)59-47)81-82-46-24-42-32-66-13-21-69(37-53(77)78)17-9-64(10-18-70(22-14-66)38-54(79)80)30-40-4-2-6-48(60-40)50-28-56-62-72(50)34-44(26-46)58-42;;/h1-6,23-28H,7-22,29-38H2,(H,73,74)(H,75,76)(H,77,78)(H,79,80);;. The summed E-state index contributed by atoms with van der Waals surface area (Å²) in [5, 5.41) is 57.8. The van der Waals surface area contributed by atoms with E-state index < -0.39 is 23.9 Å². The Morgan fingerprint density at radius 3 is 0.964 bits per heavy atom. The summed E-state index contributed by atoms with van der Waals surface area (Å²) in [4.78, 5) is 88.0. The number of rotatable bonds is 11. The monoisotopic (exact) mass is 1510 g/mol. The molecule has 12 heterocycles. The van der Waals surface area contributed by atoms with Crippen LogP contribution in [0.25, 0.3) is 22.8 Å². The molecule has 2 saturated heterocycles. The number of carboxylic acid groups (broad SMARTS) is 4. The Kier molecular flexibility index (Phi) is 25.0. The van der Waals surface area contributed by atoms with Gasteiger partial charge < -0.3 is 20.4 Å². The molecule has 26 nitrogen and oxygen atoms in total. The number of hydrogen-bond acceptors (Lipinski definition) is 22. The van der Waals surface area contributed by atoms with E-state index in [1.54, 1.807) is 43.3 Å². The van der Waals surface area contributed by atoms with Gasteiger partial charge in [0.15, 0.2) is 0 Å². The van der Waals surface area contributed by atoms with Gasteiger partial charge in [-0.05, 0) is 48.5 Å². The van der Waals surface area contributed by atoms with Crippen molar-refractivity contribution in [1.29, 1.82) is 0 Å². The van der Waals surface area contributed by atoms with E-state index in [4.69, 9.17) is 19.9 Å². The smallest absolute Gasteiger partial charge is 0.317 e. The molecule has 2 radical (unpaired) electrons. The minimum atomic E-state index is -0.910. The Balaban J connectivity index is 0.00000460. The third-order valence-corrected chi connectivity index (χ3v) is 17.2. The van der Waals surface area contributed by atoms with Gasteiger partial charge in [-0.3, -0.25) is 68.3 Å². The third-order valence-electron chi connectivity index (χ3n) is 14.9. The molecule has 6 aromatic rings. The maximum atomic E-state index is 12.2. The van der Waals surface area contributed by atoms with Crippen molar-refractivity contribution in [1.82, 2.24) is 89.1 Å². The molecule has 0 atom stereocenters. The summed E-state index contributed by atoms with van der Waals surface area (Å²) < 4.78 is 3.61. The van der Waals surface area contributed by atoms with Crippen LogP contribution in [0.2, 0.25) is 0 Å². The maximum Gasteiger partial charge on any atom is 0.317 e. The molecule has 0 saturated carbocycles. The van der Waals surface area contributed by atoms with Crippen LogP contribution in [0, 0.1) is 73.7 Å². The predicted octanol–water partition coefficient (Wildman–Crippen LogP) is 1.49. The van der Waals surface area contributed by atoms with Gasteiger partial charge in [0, 0.05) is 214 Å². The van der Waals surface area contributed by atoms with Gasteiger partial charge in [0.1, 0.15) is 11.4 Å². The van der Waals surface area contributed by atoms with Gasteiger partial charge in [-0.1, -0.05) is 44.1 Å². The Hall–Kier alpha value is -4.39. The van der Waals surface area contributed by atoms with Crippen molar-refractivity contribution >= 4 is 45.5 Å². The van der Waals surface area contributed by atoms with E-state index in [0.29, 0.717) is 154 Å². The van der Waals surface area contributed by atoms with Gasteiger partial charge >= 0.3 is 23.9 Å². The summed E-state index contributed by atoms with van der Waals surface area (Å²) in [6, 6.07) is 19.9. The zero-order valence-electron chi connectivity index (χ0n) is 46.1. The fraction of sp³-hybridized carbons (Fsp3) is 0.481. The molecule has 0 aromatic carbocycles. The fourth-order valence-corrected chi connectivity index (χ4v) is 12.8. The minimum absolute atomic E-state index is 0. The van der Waals surface area contributed by atoms with Gasteiger partial charge in [-0.2, -0.15) is 0 Å². The molecule has 0 aliphatic carbocycles. The van der Waals surface area contributed by atoms with Crippen LogP contribution in [0.5, 0.6) is 0 Å². The second-order valence-electron chi connectivity index (χ2n) is 21.1. The van der Waals surface area contributed by atoms with Crippen molar-refractivity contribution in [2.75, 3.05) is 131 Å². The Labute approximate surface area is 552 Å². The second-order valence-corrected chi connectivity index (χ2v) is 23.4. The number of carboxylic acids is 4. The summed E-state index contributed by atoms with van der Waals surface area (Å²) >= 11 is 0. The SMILES string of the molecule is O=C(O)CN1CCN2CCN(CC(=O)O)CCN(CC1)Cc1cccc(n1)-c1cnnn1Cc1cc(SSc3cc4nc(c3)Cn3nncc3-c3cccc(n3)CN3CCN(CC(=O)O)CCN(CCN(CC(=O)O)CC3)C4)cc(n1)C2.[Lu].[Lu]. The maximum absolute atomic E-state index is 12.2. The fourth-order valence-electron chi connectivity index (χ4n) is 10.7. The van der Waals surface area contributed by atoms with Crippen molar-refractivity contribution in [2.24, 2.45) is 0 Å². The zero-order valence-corrected chi connectivity index (χ0v) is 51.1. The van der Waals surface area contributed by atoms with Crippen LogP contribution in [0.4, 0.5) is 0 Å². The molecule has 0 amide bonds. The van der Waals surface area contributed by atoms with Gasteiger partial charge in [-0.15, -0.1) is 10.2 Å². The van der Waals surface area contributed by atoms with Crippen LogP contribution in [-0.4, -0.2) is 264 Å². The van der Waals surface area contributed by atoms with Crippen LogP contribution >= 0.6 is 21.6 Å². The summed E-state index contributed by atoms with van der Waals surface area (Å²) in [6.07, 6.45) is 3.39. The van der Waals surface area contributed by atoms with E-state index in [2.05, 4.69) is 52.4 Å². The predicted molar refractivity (Wildman–Crippen MR) is 302 cm³/mol. The topological polar surface area (TPSA) is 288 Å². The molecule has 6 aliphatic heterocycles. The normalized spacial score (nSPS) is 20.8. The van der Waals surface area contributed by atoms with Crippen LogP contribution < -0.4 is 0 Å². The number of pyridine rings is 4. The number of nitrogens with zero attached hydrogens (tertiary/aromatic N) is 18. The van der Waals surface area contributed by atoms with E-state index in [0.717, 1.165) is 44.0 Å². The summed E-state index contributed by atoms with van der Waals surface area (Å²) in [5.74, 6) is -3.64. The number of aliphatic carboxylic acids is 4. The number of fused-ring (bicyclic) bond motifs is 16. The van der Waals surface area contributed by atoms with Crippen molar-refractivity contribution in [2.45, 2.75) is 49.1 Å². The zero-order chi connectivity index (χ0) is 57.0. The molecule has 6 aromatic heterocycles. The van der Waals surface area contributed by atoms with Crippen molar-refractivity contribution in [3.63, 3.8) is 0 Å². The van der Waals surface area contributed by atoms with Crippen molar-refractivity contribution < 1.29 is 113 Å². The van der Waals surface area contributed by atoms with Crippen molar-refractivity contribution in [3.8, 4) is 22.8 Å². The molecular weight excluding hydrogens is 1440 g/mol. The molecule has 12 rings (SSSR count). The molecule has 0 unspecified atom stereocenters. The molecule has 6 aliphatic rings. The van der Waals surface area contributed by atoms with E-state index in [-0.39, 0.29) is 113 Å². The van der Waals surface area contributed by atoms with E-state index in [9.17, 15) is 39.6 Å². The van der Waals surface area contributed by atoms with Gasteiger partial charge in [0.25, 0.3) is 0 Å². The quantitative estimate of drug-likeness (QED) is 0.134. The summed E-state index contributed by atoms with van der Waals surface area (Å²) in [5.41, 5.74) is 7.34. The third kappa shape index (κ3) is 19.6. The second kappa shape index (κ2) is 32.0. The van der Waals surface area contributed by atoms with E-state index in [1.165, 1.54) is 0 Å². The van der Waals surface area contributed by atoms with Crippen LogP contribution in [0.15, 0.2) is 82.8 Å². The molecule has 84 heavy (non-hydrogen) atoms. The average Bonchev–Trinajstić information content (AvgIpc) is 3.97. The van der Waals surface area contributed by atoms with Gasteiger partial charge in [0.05, 0.1) is 97.2 Å². The molecule has 4 N–H and O–H groups in total. The first-order valence-electron chi connectivity index (χ1n) is 27.5. The first-order valence-corrected chi connectivity index (χ1v) is 29.6. The Morgan fingerprint density at radius 2 is 0.667 bits per heavy atom. The van der Waals surface area contributed by atoms with Gasteiger partial charge in [0.2, 0.25) is 0 Å². The molecular formula is C54H68Lu2N18O8S2. The number of carbonyl (C=O) groups is 4. The number of hydrogen-bond donors (Lipinski definition) is 4. The molecule has 30 heteroatoms. The Bertz CT molecular complexity index is 2930. The first kappa shape index (κ1) is 65.6. The first-order chi connectivity index (χ1) is 39.8. The van der Waals surface area contributed by atoms with Crippen LogP contribution in [0.1, 0.15) is 34.2 Å².